The Labute approximate surface area is 261 Å². The molecule has 1 heterocycles. The van der Waals surface area contributed by atoms with Gasteiger partial charge in [-0.1, -0.05) is 101 Å². The number of rotatable bonds is 11. The molecule has 1 fully saturated rings. The van der Waals surface area contributed by atoms with Crippen molar-refractivity contribution in [3.63, 3.8) is 0 Å². The predicted molar refractivity (Wildman–Crippen MR) is 172 cm³/mol. The van der Waals surface area contributed by atoms with Gasteiger partial charge in [-0.15, -0.1) is 10.2 Å². The summed E-state index contributed by atoms with van der Waals surface area (Å²) in [4.78, 5) is 26.1. The van der Waals surface area contributed by atoms with E-state index in [-0.39, 0.29) is 50.6 Å². The highest BCUT2D eigenvalue weighted by Crippen LogP contribution is 2.67. The Hall–Kier alpha value is -2.55. The van der Waals surface area contributed by atoms with Crippen molar-refractivity contribution in [3.05, 3.63) is 35.1 Å². The molecule has 0 amide bonds. The average molecular weight is 592 g/mol. The molecule has 0 N–H and O–H groups in total. The highest BCUT2D eigenvalue weighted by molar-refractivity contribution is 6.04. The van der Waals surface area contributed by atoms with E-state index in [1.807, 2.05) is 26.0 Å². The molecule has 0 spiro atoms. The van der Waals surface area contributed by atoms with Gasteiger partial charge in [0.25, 0.3) is 0 Å². The molecule has 2 aliphatic rings. The summed E-state index contributed by atoms with van der Waals surface area (Å²) in [5.41, 5.74) is -0.628. The van der Waals surface area contributed by atoms with Crippen LogP contribution in [0, 0.1) is 44.3 Å². The Kier molecular flexibility index (Phi) is 9.55. The summed E-state index contributed by atoms with van der Waals surface area (Å²) in [5, 5.41) is 18.9. The normalized spacial score (nSPS) is 28.3. The molecular weight excluding hydrogens is 534 g/mol. The minimum Gasteiger partial charge on any atom is -0.424 e. The minimum absolute atomic E-state index is 0.000719. The van der Waals surface area contributed by atoms with Crippen molar-refractivity contribution in [2.75, 3.05) is 0 Å². The second kappa shape index (κ2) is 11.8. The van der Waals surface area contributed by atoms with Crippen molar-refractivity contribution in [1.82, 2.24) is 10.2 Å². The van der Waals surface area contributed by atoms with Crippen LogP contribution < -0.4 is 0 Å². The van der Waals surface area contributed by atoms with E-state index < -0.39 is 10.8 Å². The first-order chi connectivity index (χ1) is 19.6. The van der Waals surface area contributed by atoms with Gasteiger partial charge < -0.3 is 4.42 Å². The van der Waals surface area contributed by atoms with Gasteiger partial charge in [-0.2, -0.15) is 5.26 Å². The lowest BCUT2D eigenvalue weighted by Crippen LogP contribution is -2.55. The summed E-state index contributed by atoms with van der Waals surface area (Å²) in [6.45, 7) is 28.0. The smallest absolute Gasteiger partial charge is 0.222 e. The van der Waals surface area contributed by atoms with Crippen LogP contribution in [0.3, 0.4) is 0 Å². The molecule has 4 atom stereocenters. The van der Waals surface area contributed by atoms with Crippen LogP contribution in [0.2, 0.25) is 0 Å². The van der Waals surface area contributed by atoms with Crippen molar-refractivity contribution in [3.8, 4) is 6.07 Å². The van der Waals surface area contributed by atoms with Gasteiger partial charge in [-0.25, -0.2) is 0 Å². The fourth-order valence-electron chi connectivity index (χ4n) is 7.82. The van der Waals surface area contributed by atoms with Crippen molar-refractivity contribution < 1.29 is 14.0 Å². The van der Waals surface area contributed by atoms with E-state index >= 15 is 0 Å². The van der Waals surface area contributed by atoms with Crippen LogP contribution in [0.1, 0.15) is 153 Å². The fraction of sp³-hybridized carbons (Fsp3) is 0.757. The molecule has 1 aromatic rings. The van der Waals surface area contributed by atoms with Crippen LogP contribution in [-0.4, -0.2) is 21.8 Å². The Morgan fingerprint density at radius 2 is 1.70 bits per heavy atom. The van der Waals surface area contributed by atoms with E-state index in [1.165, 1.54) is 0 Å². The van der Waals surface area contributed by atoms with Crippen molar-refractivity contribution in [1.29, 1.82) is 5.26 Å². The van der Waals surface area contributed by atoms with Gasteiger partial charge in [0.1, 0.15) is 6.07 Å². The first kappa shape index (κ1) is 34.9. The van der Waals surface area contributed by atoms with E-state index in [0.29, 0.717) is 11.8 Å². The maximum atomic E-state index is 13.3. The summed E-state index contributed by atoms with van der Waals surface area (Å²) in [6.07, 6.45) is 10.3. The van der Waals surface area contributed by atoms with Crippen LogP contribution in [0.4, 0.5) is 0 Å². The molecule has 238 valence electrons. The number of hydrogen-bond acceptors (Lipinski definition) is 6. The predicted octanol–water partition coefficient (Wildman–Crippen LogP) is 9.47. The highest BCUT2D eigenvalue weighted by atomic mass is 16.4. The number of hydrogen-bond donors (Lipinski definition) is 0. The zero-order valence-corrected chi connectivity index (χ0v) is 29.3. The summed E-state index contributed by atoms with van der Waals surface area (Å²) >= 11 is 0. The molecule has 0 bridgehead atoms. The summed E-state index contributed by atoms with van der Waals surface area (Å²) in [7, 11) is 0. The van der Waals surface area contributed by atoms with E-state index in [2.05, 4.69) is 85.5 Å². The number of Topliss-reactive ketones (excluding diaryl/α,β-unsaturated/α-hetero) is 1. The van der Waals surface area contributed by atoms with E-state index in [4.69, 9.17) is 4.42 Å². The maximum absolute atomic E-state index is 13.3. The van der Waals surface area contributed by atoms with Crippen LogP contribution in [0.5, 0.6) is 0 Å². The number of nitriles is 1. The summed E-state index contributed by atoms with van der Waals surface area (Å²) < 4.78 is 6.31. The minimum atomic E-state index is -0.688. The van der Waals surface area contributed by atoms with Gasteiger partial charge >= 0.3 is 0 Å². The third-order valence-corrected chi connectivity index (χ3v) is 12.0. The molecule has 1 saturated carbocycles. The lowest BCUT2D eigenvalue weighted by atomic mass is 9.42. The number of allylic oxidation sites excluding steroid dienone is 4. The molecule has 0 radical (unpaired) electrons. The molecule has 2 aliphatic carbocycles. The SMILES string of the molecule is CCC(C)(C)CC[C@@](C)(CCC(C)(C)[C@]1(C)CC[C@H]2C(C)(C)C(=O)C(C#N)=C[C@]2(C)/C1=C/C(C)=O)c1nnc(C(C)C)o1. The van der Waals surface area contributed by atoms with Crippen LogP contribution in [-0.2, 0) is 15.0 Å². The van der Waals surface area contributed by atoms with Gasteiger partial charge in [0.05, 0.1) is 5.57 Å². The number of carbonyl (C=O) groups excluding carboxylic acids is 2. The number of ketones is 2. The Morgan fingerprint density at radius 3 is 2.21 bits per heavy atom. The van der Waals surface area contributed by atoms with E-state index in [9.17, 15) is 14.9 Å². The second-order valence-corrected chi connectivity index (χ2v) is 16.7. The summed E-state index contributed by atoms with van der Waals surface area (Å²) in [5.74, 6) is 1.48. The molecule has 3 rings (SSSR count). The zero-order chi connectivity index (χ0) is 32.8. The van der Waals surface area contributed by atoms with E-state index in [0.717, 1.165) is 50.5 Å². The molecule has 0 aliphatic heterocycles. The molecule has 6 heteroatoms. The van der Waals surface area contributed by atoms with Gasteiger partial charge in [-0.3, -0.25) is 9.59 Å². The standard InChI is InChI=1S/C37H57N3O3/c1-14-32(5,6)17-19-35(11,31-40-39-30(43-31)24(2)3)20-18-33(7,8)37(13)16-15-27-34(9,10)29(42)26(23-38)22-36(27,12)28(37)21-25(4)41/h21-22,24,27H,14-20H2,1-13H3/b28-21-/t27-,35-,36-,37+/m0/s1. The number of fused-ring (bicyclic) bond motifs is 1. The Morgan fingerprint density at radius 1 is 1.09 bits per heavy atom. The molecule has 43 heavy (non-hydrogen) atoms. The van der Waals surface area contributed by atoms with Crippen molar-refractivity contribution in [2.45, 2.75) is 146 Å². The molecule has 6 nitrogen and oxygen atoms in total. The Balaban J connectivity index is 2.07. The van der Waals surface area contributed by atoms with Crippen LogP contribution >= 0.6 is 0 Å². The van der Waals surface area contributed by atoms with Gasteiger partial charge in [-0.05, 0) is 73.7 Å². The van der Waals surface area contributed by atoms with Gasteiger partial charge in [0.15, 0.2) is 11.6 Å². The number of aromatic nitrogens is 2. The second-order valence-electron chi connectivity index (χ2n) is 16.7. The third-order valence-electron chi connectivity index (χ3n) is 12.0. The fourth-order valence-corrected chi connectivity index (χ4v) is 7.82. The van der Waals surface area contributed by atoms with E-state index in [1.54, 1.807) is 6.92 Å². The molecular formula is C37H57N3O3. The third kappa shape index (κ3) is 6.34. The number of carbonyl (C=O) groups is 2. The van der Waals surface area contributed by atoms with Crippen molar-refractivity contribution in [2.24, 2.45) is 33.0 Å². The molecule has 0 aromatic carbocycles. The molecule has 0 unspecified atom stereocenters. The quantitative estimate of drug-likeness (QED) is 0.238. The lowest BCUT2D eigenvalue weighted by Gasteiger charge is -2.61. The van der Waals surface area contributed by atoms with Gasteiger partial charge in [0, 0.05) is 22.2 Å². The maximum Gasteiger partial charge on any atom is 0.222 e. The largest absolute Gasteiger partial charge is 0.424 e. The molecule has 1 aromatic heterocycles. The summed E-state index contributed by atoms with van der Waals surface area (Å²) in [6, 6.07) is 2.19. The average Bonchev–Trinajstić information content (AvgIpc) is 3.42. The first-order valence-corrected chi connectivity index (χ1v) is 16.3. The van der Waals surface area contributed by atoms with Crippen molar-refractivity contribution >= 4 is 11.6 Å². The molecule has 0 saturated heterocycles. The van der Waals surface area contributed by atoms with Crippen LogP contribution in [0.15, 0.2) is 27.7 Å². The zero-order valence-electron chi connectivity index (χ0n) is 29.3. The van der Waals surface area contributed by atoms with Crippen LogP contribution in [0.25, 0.3) is 0 Å². The highest BCUT2D eigenvalue weighted by Gasteiger charge is 2.61. The number of nitrogens with zero attached hydrogens (tertiary/aromatic N) is 3. The topological polar surface area (TPSA) is 96.8 Å². The first-order valence-electron chi connectivity index (χ1n) is 16.3. The van der Waals surface area contributed by atoms with Gasteiger partial charge in [0.2, 0.25) is 11.8 Å². The Bertz CT molecular complexity index is 1340. The monoisotopic (exact) mass is 591 g/mol. The lowest BCUT2D eigenvalue weighted by molar-refractivity contribution is -0.131.